The molecule has 0 unspecified atom stereocenters. The molecular formula is C10H12BrClO3. The maximum Gasteiger partial charge on any atom is 0.204 e. The van der Waals surface area contributed by atoms with Gasteiger partial charge in [-0.2, -0.15) is 0 Å². The Hall–Kier alpha value is -0.610. The summed E-state index contributed by atoms with van der Waals surface area (Å²) in [5.41, 5.74) is 0. The lowest BCUT2D eigenvalue weighted by atomic mass is 10.3. The Morgan fingerprint density at radius 1 is 1.20 bits per heavy atom. The average Bonchev–Trinajstić information content (AvgIpc) is 2.26. The first-order valence-corrected chi connectivity index (χ1v) is 5.66. The Balaban J connectivity index is 3.09. The minimum absolute atomic E-state index is 0.407. The zero-order valence-corrected chi connectivity index (χ0v) is 10.9. The number of benzene rings is 1. The lowest BCUT2D eigenvalue weighted by Gasteiger charge is -2.14. The summed E-state index contributed by atoms with van der Waals surface area (Å²) in [5.74, 6) is 2.22. The summed E-state index contributed by atoms with van der Waals surface area (Å²) < 4.78 is 16.7. The fourth-order valence-corrected chi connectivity index (χ4v) is 1.70. The largest absolute Gasteiger partial charge is 0.493 e. The Kier molecular flexibility index (Phi) is 5.05. The van der Waals surface area contributed by atoms with Gasteiger partial charge in [-0.15, -0.1) is 11.6 Å². The third kappa shape index (κ3) is 2.92. The van der Waals surface area contributed by atoms with Crippen LogP contribution in [-0.2, 0) is 0 Å². The summed E-state index contributed by atoms with van der Waals surface area (Å²) in [5, 5.41) is 0. The fraction of sp³-hybridized carbons (Fsp3) is 0.400. The van der Waals surface area contributed by atoms with E-state index in [4.69, 9.17) is 25.8 Å². The lowest BCUT2D eigenvalue weighted by Crippen LogP contribution is -2.02. The normalized spacial score (nSPS) is 9.87. The van der Waals surface area contributed by atoms with Gasteiger partial charge in [0.1, 0.15) is 6.61 Å². The Morgan fingerprint density at radius 2 is 1.93 bits per heavy atom. The number of hydrogen-bond donors (Lipinski definition) is 0. The van der Waals surface area contributed by atoms with Gasteiger partial charge in [0.2, 0.25) is 5.75 Å². The van der Waals surface area contributed by atoms with Gasteiger partial charge in [-0.25, -0.2) is 0 Å². The van der Waals surface area contributed by atoms with Crippen LogP contribution in [0.4, 0.5) is 0 Å². The van der Waals surface area contributed by atoms with Crippen LogP contribution in [0.15, 0.2) is 16.6 Å². The SMILES string of the molecule is COc1ccc(Br)c(OC)c1OCCCl. The van der Waals surface area contributed by atoms with Crippen LogP contribution in [0.25, 0.3) is 0 Å². The molecule has 1 rings (SSSR count). The van der Waals surface area contributed by atoms with Crippen molar-refractivity contribution in [1.29, 1.82) is 0 Å². The molecule has 0 fully saturated rings. The van der Waals surface area contributed by atoms with E-state index in [2.05, 4.69) is 15.9 Å². The van der Waals surface area contributed by atoms with Crippen molar-refractivity contribution in [3.63, 3.8) is 0 Å². The highest BCUT2D eigenvalue weighted by atomic mass is 79.9. The third-order valence-corrected chi connectivity index (χ3v) is 2.55. The molecule has 0 amide bonds. The van der Waals surface area contributed by atoms with E-state index < -0.39 is 0 Å². The van der Waals surface area contributed by atoms with E-state index in [1.165, 1.54) is 0 Å². The molecule has 0 saturated heterocycles. The second-order valence-electron chi connectivity index (χ2n) is 2.65. The predicted octanol–water partition coefficient (Wildman–Crippen LogP) is 3.08. The highest BCUT2D eigenvalue weighted by Gasteiger charge is 2.14. The number of halogens is 2. The van der Waals surface area contributed by atoms with Crippen LogP contribution in [0.3, 0.4) is 0 Å². The van der Waals surface area contributed by atoms with Gasteiger partial charge in [-0.05, 0) is 28.1 Å². The van der Waals surface area contributed by atoms with Crippen LogP contribution < -0.4 is 14.2 Å². The van der Waals surface area contributed by atoms with Gasteiger partial charge in [0.25, 0.3) is 0 Å². The molecule has 0 aliphatic rings. The molecule has 0 N–H and O–H groups in total. The van der Waals surface area contributed by atoms with Gasteiger partial charge >= 0.3 is 0 Å². The number of hydrogen-bond acceptors (Lipinski definition) is 3. The second kappa shape index (κ2) is 6.08. The van der Waals surface area contributed by atoms with Crippen molar-refractivity contribution in [2.75, 3.05) is 26.7 Å². The van der Waals surface area contributed by atoms with Gasteiger partial charge in [0.05, 0.1) is 24.6 Å². The van der Waals surface area contributed by atoms with E-state index >= 15 is 0 Å². The molecule has 0 aliphatic heterocycles. The number of methoxy groups -OCH3 is 2. The van der Waals surface area contributed by atoms with Crippen LogP contribution >= 0.6 is 27.5 Å². The Bertz CT molecular complexity index is 331. The van der Waals surface area contributed by atoms with Gasteiger partial charge in [-0.3, -0.25) is 0 Å². The number of alkyl halides is 1. The summed E-state index contributed by atoms with van der Waals surface area (Å²) in [6.07, 6.45) is 0. The summed E-state index contributed by atoms with van der Waals surface area (Å²) in [7, 11) is 3.16. The van der Waals surface area contributed by atoms with Crippen molar-refractivity contribution in [3.05, 3.63) is 16.6 Å². The minimum Gasteiger partial charge on any atom is -0.493 e. The molecule has 0 aromatic heterocycles. The molecule has 3 nitrogen and oxygen atoms in total. The first-order valence-electron chi connectivity index (χ1n) is 4.33. The van der Waals surface area contributed by atoms with Gasteiger partial charge in [0, 0.05) is 0 Å². The van der Waals surface area contributed by atoms with E-state index in [1.54, 1.807) is 20.3 Å². The average molecular weight is 296 g/mol. The minimum atomic E-state index is 0.407. The van der Waals surface area contributed by atoms with Crippen LogP contribution in [0.2, 0.25) is 0 Å². The fourth-order valence-electron chi connectivity index (χ4n) is 1.15. The number of rotatable bonds is 5. The number of ether oxygens (including phenoxy) is 3. The summed E-state index contributed by atoms with van der Waals surface area (Å²) in [6.45, 7) is 0.407. The summed E-state index contributed by atoms with van der Waals surface area (Å²) in [4.78, 5) is 0. The summed E-state index contributed by atoms with van der Waals surface area (Å²) in [6, 6.07) is 3.64. The van der Waals surface area contributed by atoms with Gasteiger partial charge in [0.15, 0.2) is 11.5 Å². The quantitative estimate of drug-likeness (QED) is 0.781. The lowest BCUT2D eigenvalue weighted by molar-refractivity contribution is 0.289. The third-order valence-electron chi connectivity index (χ3n) is 1.78. The van der Waals surface area contributed by atoms with Crippen LogP contribution in [-0.4, -0.2) is 26.7 Å². The highest BCUT2D eigenvalue weighted by Crippen LogP contribution is 2.42. The molecule has 1 aromatic carbocycles. The van der Waals surface area contributed by atoms with E-state index in [-0.39, 0.29) is 0 Å². The van der Waals surface area contributed by atoms with Crippen molar-refractivity contribution in [1.82, 2.24) is 0 Å². The molecule has 1 aromatic rings. The molecule has 0 spiro atoms. The van der Waals surface area contributed by atoms with Crippen LogP contribution in [0.1, 0.15) is 0 Å². The molecule has 5 heteroatoms. The van der Waals surface area contributed by atoms with Crippen molar-refractivity contribution in [2.24, 2.45) is 0 Å². The van der Waals surface area contributed by atoms with Crippen molar-refractivity contribution in [2.45, 2.75) is 0 Å². The highest BCUT2D eigenvalue weighted by molar-refractivity contribution is 9.10. The van der Waals surface area contributed by atoms with E-state index in [0.717, 1.165) is 4.47 Å². The molecule has 0 atom stereocenters. The van der Waals surface area contributed by atoms with E-state index in [1.807, 2.05) is 6.07 Å². The van der Waals surface area contributed by atoms with Crippen molar-refractivity contribution in [3.8, 4) is 17.2 Å². The van der Waals surface area contributed by atoms with E-state index in [9.17, 15) is 0 Å². The van der Waals surface area contributed by atoms with Crippen LogP contribution in [0.5, 0.6) is 17.2 Å². The maximum absolute atomic E-state index is 5.56. The molecule has 0 radical (unpaired) electrons. The smallest absolute Gasteiger partial charge is 0.204 e. The van der Waals surface area contributed by atoms with Crippen LogP contribution in [0, 0.1) is 0 Å². The first kappa shape index (κ1) is 12.5. The Morgan fingerprint density at radius 3 is 2.47 bits per heavy atom. The molecule has 84 valence electrons. The zero-order chi connectivity index (χ0) is 11.3. The molecule has 0 saturated carbocycles. The van der Waals surface area contributed by atoms with Crippen molar-refractivity contribution < 1.29 is 14.2 Å². The topological polar surface area (TPSA) is 27.7 Å². The second-order valence-corrected chi connectivity index (χ2v) is 3.88. The molecule has 0 aliphatic carbocycles. The van der Waals surface area contributed by atoms with Crippen molar-refractivity contribution >= 4 is 27.5 Å². The molecule has 0 bridgehead atoms. The summed E-state index contributed by atoms with van der Waals surface area (Å²) >= 11 is 8.93. The molecule has 15 heavy (non-hydrogen) atoms. The maximum atomic E-state index is 5.56. The van der Waals surface area contributed by atoms with Gasteiger partial charge < -0.3 is 14.2 Å². The first-order chi connectivity index (χ1) is 7.24. The predicted molar refractivity (Wildman–Crippen MR) is 63.5 cm³/mol. The monoisotopic (exact) mass is 294 g/mol. The standard InChI is InChI=1S/C10H12BrClO3/c1-13-8-4-3-7(11)9(14-2)10(8)15-6-5-12/h3-4H,5-6H2,1-2H3. The molecular weight excluding hydrogens is 283 g/mol. The molecule has 0 heterocycles. The van der Waals surface area contributed by atoms with Gasteiger partial charge in [-0.1, -0.05) is 0 Å². The Labute approximate surface area is 102 Å². The zero-order valence-electron chi connectivity index (χ0n) is 8.55. The van der Waals surface area contributed by atoms with E-state index in [0.29, 0.717) is 29.7 Å².